The van der Waals surface area contributed by atoms with E-state index < -0.39 is 12.0 Å². The van der Waals surface area contributed by atoms with Gasteiger partial charge in [-0.2, -0.15) is 0 Å². The number of hydrogen-bond acceptors (Lipinski definition) is 4. The molecule has 0 aliphatic carbocycles. The maximum atomic E-state index is 11.0. The molecule has 0 saturated carbocycles. The van der Waals surface area contributed by atoms with Gasteiger partial charge in [-0.1, -0.05) is 30.3 Å². The summed E-state index contributed by atoms with van der Waals surface area (Å²) in [6, 6.07) is 16.8. The molecule has 2 atom stereocenters. The molecule has 0 spiro atoms. The van der Waals surface area contributed by atoms with E-state index in [1.54, 1.807) is 11.8 Å². The SMILES string of the molecule is O=C(O)[C@H]1CS[C@H](c2cccc(Oc3ccccc3)c2)N1. The van der Waals surface area contributed by atoms with Gasteiger partial charge in [0.05, 0.1) is 5.37 Å². The normalized spacial score (nSPS) is 21.1. The topological polar surface area (TPSA) is 58.6 Å². The summed E-state index contributed by atoms with van der Waals surface area (Å²) in [4.78, 5) is 11.0. The lowest BCUT2D eigenvalue weighted by atomic mass is 10.2. The van der Waals surface area contributed by atoms with Crippen LogP contribution in [0.25, 0.3) is 0 Å². The molecular formula is C16H15NO3S. The number of nitrogens with one attached hydrogen (secondary N) is 1. The molecule has 1 aliphatic heterocycles. The molecule has 5 heteroatoms. The van der Waals surface area contributed by atoms with Crippen LogP contribution in [0.1, 0.15) is 10.9 Å². The lowest BCUT2D eigenvalue weighted by Gasteiger charge is -2.13. The molecule has 4 nitrogen and oxygen atoms in total. The number of para-hydroxylation sites is 1. The smallest absolute Gasteiger partial charge is 0.321 e. The van der Waals surface area contributed by atoms with Crippen molar-refractivity contribution in [2.24, 2.45) is 0 Å². The molecule has 3 rings (SSSR count). The number of carboxylic acids is 1. The van der Waals surface area contributed by atoms with E-state index in [4.69, 9.17) is 9.84 Å². The Labute approximate surface area is 127 Å². The summed E-state index contributed by atoms with van der Waals surface area (Å²) in [5.41, 5.74) is 1.03. The van der Waals surface area contributed by atoms with Gasteiger partial charge in [0.2, 0.25) is 0 Å². The zero-order valence-corrected chi connectivity index (χ0v) is 12.0. The van der Waals surface area contributed by atoms with E-state index in [1.165, 1.54) is 0 Å². The van der Waals surface area contributed by atoms with Gasteiger partial charge in [-0.3, -0.25) is 10.1 Å². The summed E-state index contributed by atoms with van der Waals surface area (Å²) in [6.07, 6.45) is 0. The third kappa shape index (κ3) is 3.37. The molecule has 0 amide bonds. The third-order valence-corrected chi connectivity index (χ3v) is 4.49. The van der Waals surface area contributed by atoms with Crippen molar-refractivity contribution in [1.29, 1.82) is 0 Å². The van der Waals surface area contributed by atoms with Gasteiger partial charge in [0.15, 0.2) is 0 Å². The van der Waals surface area contributed by atoms with Crippen molar-refractivity contribution in [2.45, 2.75) is 11.4 Å². The van der Waals surface area contributed by atoms with E-state index in [2.05, 4.69) is 5.32 Å². The molecule has 0 aromatic heterocycles. The van der Waals surface area contributed by atoms with E-state index in [9.17, 15) is 4.79 Å². The fourth-order valence-corrected chi connectivity index (χ4v) is 3.40. The Balaban J connectivity index is 1.73. The van der Waals surface area contributed by atoms with Crippen molar-refractivity contribution in [3.05, 3.63) is 60.2 Å². The Morgan fingerprint density at radius 2 is 1.90 bits per heavy atom. The summed E-state index contributed by atoms with van der Waals surface area (Å²) < 4.78 is 5.80. The summed E-state index contributed by atoms with van der Waals surface area (Å²) in [5.74, 6) is 1.30. The monoisotopic (exact) mass is 301 g/mol. The average Bonchev–Trinajstić information content (AvgIpc) is 2.99. The molecule has 0 radical (unpaired) electrons. The van der Waals surface area contributed by atoms with Crippen molar-refractivity contribution in [2.75, 3.05) is 5.75 Å². The number of thioether (sulfide) groups is 1. The van der Waals surface area contributed by atoms with Crippen LogP contribution in [0, 0.1) is 0 Å². The maximum absolute atomic E-state index is 11.0. The van der Waals surface area contributed by atoms with Crippen molar-refractivity contribution < 1.29 is 14.6 Å². The van der Waals surface area contributed by atoms with Crippen LogP contribution >= 0.6 is 11.8 Å². The van der Waals surface area contributed by atoms with Gasteiger partial charge in [-0.15, -0.1) is 11.8 Å². The number of carbonyl (C=O) groups is 1. The fraction of sp³-hybridized carbons (Fsp3) is 0.188. The third-order valence-electron chi connectivity index (χ3n) is 3.22. The van der Waals surface area contributed by atoms with E-state index in [0.717, 1.165) is 17.1 Å². The maximum Gasteiger partial charge on any atom is 0.321 e. The number of benzene rings is 2. The highest BCUT2D eigenvalue weighted by Gasteiger charge is 2.30. The second kappa shape index (κ2) is 6.20. The molecule has 2 N–H and O–H groups in total. The van der Waals surface area contributed by atoms with Gasteiger partial charge in [0.1, 0.15) is 17.5 Å². The Hall–Kier alpha value is -1.98. The number of ether oxygens (including phenoxy) is 1. The summed E-state index contributed by atoms with van der Waals surface area (Å²) in [6.45, 7) is 0. The first-order valence-corrected chi connectivity index (χ1v) is 7.70. The summed E-state index contributed by atoms with van der Waals surface area (Å²) >= 11 is 1.60. The first-order chi connectivity index (χ1) is 10.2. The molecule has 2 aromatic carbocycles. The van der Waals surface area contributed by atoms with Crippen molar-refractivity contribution in [3.8, 4) is 11.5 Å². The largest absolute Gasteiger partial charge is 0.480 e. The molecule has 2 aromatic rings. The molecule has 0 unspecified atom stereocenters. The van der Waals surface area contributed by atoms with Gasteiger partial charge >= 0.3 is 5.97 Å². The van der Waals surface area contributed by atoms with Crippen LogP contribution in [-0.2, 0) is 4.79 Å². The summed E-state index contributed by atoms with van der Waals surface area (Å²) in [7, 11) is 0. The molecule has 1 aliphatic rings. The first-order valence-electron chi connectivity index (χ1n) is 6.66. The molecule has 1 heterocycles. The van der Waals surface area contributed by atoms with Crippen LogP contribution in [0.3, 0.4) is 0 Å². The van der Waals surface area contributed by atoms with Crippen LogP contribution < -0.4 is 10.1 Å². The standard InChI is InChI=1S/C16H15NO3S/c18-16(19)14-10-21-15(17-14)11-5-4-8-13(9-11)20-12-6-2-1-3-7-12/h1-9,14-15,17H,10H2,(H,18,19)/t14-,15-/m1/s1. The molecule has 1 fully saturated rings. The Kier molecular flexibility index (Phi) is 4.13. The van der Waals surface area contributed by atoms with E-state index >= 15 is 0 Å². The summed E-state index contributed by atoms with van der Waals surface area (Å²) in [5, 5.41) is 12.1. The number of carboxylic acid groups (broad SMARTS) is 1. The Morgan fingerprint density at radius 3 is 2.62 bits per heavy atom. The first kappa shape index (κ1) is 14.0. The predicted octanol–water partition coefficient (Wildman–Crippen LogP) is 3.27. The number of hydrogen-bond donors (Lipinski definition) is 2. The quantitative estimate of drug-likeness (QED) is 0.907. The van der Waals surface area contributed by atoms with Gasteiger partial charge in [0, 0.05) is 5.75 Å². The lowest BCUT2D eigenvalue weighted by molar-refractivity contribution is -0.138. The minimum Gasteiger partial charge on any atom is -0.480 e. The van der Waals surface area contributed by atoms with Crippen molar-refractivity contribution in [3.63, 3.8) is 0 Å². The zero-order valence-electron chi connectivity index (χ0n) is 11.2. The predicted molar refractivity (Wildman–Crippen MR) is 82.7 cm³/mol. The minimum atomic E-state index is -0.804. The van der Waals surface area contributed by atoms with E-state index in [1.807, 2.05) is 54.6 Å². The zero-order chi connectivity index (χ0) is 14.7. The van der Waals surface area contributed by atoms with Gasteiger partial charge < -0.3 is 9.84 Å². The highest BCUT2D eigenvalue weighted by molar-refractivity contribution is 7.99. The number of rotatable bonds is 4. The van der Waals surface area contributed by atoms with Gasteiger partial charge in [0.25, 0.3) is 0 Å². The highest BCUT2D eigenvalue weighted by Crippen LogP contribution is 2.34. The molecule has 21 heavy (non-hydrogen) atoms. The Bertz CT molecular complexity index is 632. The average molecular weight is 301 g/mol. The van der Waals surface area contributed by atoms with Gasteiger partial charge in [-0.25, -0.2) is 0 Å². The van der Waals surface area contributed by atoms with Crippen LogP contribution in [-0.4, -0.2) is 22.9 Å². The van der Waals surface area contributed by atoms with Gasteiger partial charge in [-0.05, 0) is 29.8 Å². The molecule has 108 valence electrons. The van der Waals surface area contributed by atoms with Crippen LogP contribution in [0.4, 0.5) is 0 Å². The van der Waals surface area contributed by atoms with Crippen molar-refractivity contribution >= 4 is 17.7 Å². The molecular weight excluding hydrogens is 286 g/mol. The van der Waals surface area contributed by atoms with E-state index in [0.29, 0.717) is 5.75 Å². The van der Waals surface area contributed by atoms with Crippen molar-refractivity contribution in [1.82, 2.24) is 5.32 Å². The molecule has 0 bridgehead atoms. The van der Waals surface area contributed by atoms with Crippen LogP contribution in [0.5, 0.6) is 11.5 Å². The Morgan fingerprint density at radius 1 is 1.14 bits per heavy atom. The molecule has 1 saturated heterocycles. The highest BCUT2D eigenvalue weighted by atomic mass is 32.2. The number of aliphatic carboxylic acids is 1. The second-order valence-corrected chi connectivity index (χ2v) is 5.90. The minimum absolute atomic E-state index is 0.00887. The lowest BCUT2D eigenvalue weighted by Crippen LogP contribution is -2.33. The van der Waals surface area contributed by atoms with Crippen LogP contribution in [0.2, 0.25) is 0 Å². The fourth-order valence-electron chi connectivity index (χ4n) is 2.17. The second-order valence-electron chi connectivity index (χ2n) is 4.76. The van der Waals surface area contributed by atoms with E-state index in [-0.39, 0.29) is 5.37 Å². The van der Waals surface area contributed by atoms with Crippen LogP contribution in [0.15, 0.2) is 54.6 Å².